The number of H-pyrrole nitrogens is 1. The third-order valence-corrected chi connectivity index (χ3v) is 3.66. The Morgan fingerprint density at radius 2 is 2.26 bits per heavy atom. The summed E-state index contributed by atoms with van der Waals surface area (Å²) in [7, 11) is 0. The molecule has 0 amide bonds. The lowest BCUT2D eigenvalue weighted by Gasteiger charge is -2.08. The maximum Gasteiger partial charge on any atom is 0.119 e. The smallest absolute Gasteiger partial charge is 0.119 e. The topological polar surface area (TPSA) is 73.7 Å². The van der Waals surface area contributed by atoms with Gasteiger partial charge in [-0.2, -0.15) is 10.4 Å². The molecule has 2 N–H and O–H groups in total. The minimum atomic E-state index is 0.539. The number of nitriles is 1. The van der Waals surface area contributed by atoms with E-state index in [1.54, 1.807) is 0 Å². The standard InChI is InChI=1S/C18H24N4O/c1-15-17(14-21-22-15)7-5-10-20-13-16-6-4-8-18(12-16)23-11-3-2-9-19/h4,6,8,12,14,20H,2-3,5,7,10-11,13H2,1H3,(H,21,22). The summed E-state index contributed by atoms with van der Waals surface area (Å²) in [5.74, 6) is 0.872. The molecule has 0 saturated heterocycles. The molecule has 5 nitrogen and oxygen atoms in total. The van der Waals surface area contributed by atoms with Gasteiger partial charge in [-0.3, -0.25) is 5.10 Å². The van der Waals surface area contributed by atoms with Gasteiger partial charge >= 0.3 is 0 Å². The van der Waals surface area contributed by atoms with Gasteiger partial charge < -0.3 is 10.1 Å². The molecule has 2 aromatic rings. The third kappa shape index (κ3) is 6.13. The summed E-state index contributed by atoms with van der Waals surface area (Å²) in [5.41, 5.74) is 3.66. The Kier molecular flexibility index (Phi) is 7.15. The number of aromatic amines is 1. The van der Waals surface area contributed by atoms with Crippen molar-refractivity contribution in [2.45, 2.75) is 39.2 Å². The molecule has 0 saturated carbocycles. The lowest BCUT2D eigenvalue weighted by molar-refractivity contribution is 0.312. The van der Waals surface area contributed by atoms with Crippen LogP contribution in [0.4, 0.5) is 0 Å². The van der Waals surface area contributed by atoms with Gasteiger partial charge in [0.25, 0.3) is 0 Å². The maximum atomic E-state index is 8.50. The van der Waals surface area contributed by atoms with Gasteiger partial charge in [0.1, 0.15) is 5.75 Å². The molecule has 5 heteroatoms. The first-order valence-corrected chi connectivity index (χ1v) is 8.08. The van der Waals surface area contributed by atoms with Crippen molar-refractivity contribution in [3.8, 4) is 11.8 Å². The number of ether oxygens (including phenoxy) is 1. The second-order valence-corrected chi connectivity index (χ2v) is 5.56. The third-order valence-electron chi connectivity index (χ3n) is 3.66. The van der Waals surface area contributed by atoms with Gasteiger partial charge in [-0.15, -0.1) is 0 Å². The van der Waals surface area contributed by atoms with E-state index in [0.717, 1.165) is 43.8 Å². The second-order valence-electron chi connectivity index (χ2n) is 5.56. The molecule has 1 aromatic heterocycles. The van der Waals surface area contributed by atoms with E-state index in [1.165, 1.54) is 11.1 Å². The molecular formula is C18H24N4O. The minimum Gasteiger partial charge on any atom is -0.494 e. The highest BCUT2D eigenvalue weighted by molar-refractivity contribution is 5.28. The SMILES string of the molecule is Cc1[nH]ncc1CCCNCc1cccc(OCCCC#N)c1. The predicted molar refractivity (Wildman–Crippen MR) is 90.1 cm³/mol. The van der Waals surface area contributed by atoms with Crippen molar-refractivity contribution in [1.29, 1.82) is 5.26 Å². The van der Waals surface area contributed by atoms with E-state index in [-0.39, 0.29) is 0 Å². The number of unbranched alkanes of at least 4 members (excludes halogenated alkanes) is 1. The maximum absolute atomic E-state index is 8.50. The van der Waals surface area contributed by atoms with Crippen molar-refractivity contribution in [1.82, 2.24) is 15.5 Å². The van der Waals surface area contributed by atoms with Crippen LogP contribution >= 0.6 is 0 Å². The molecule has 0 aliphatic carbocycles. The highest BCUT2D eigenvalue weighted by Crippen LogP contribution is 2.13. The monoisotopic (exact) mass is 312 g/mol. The summed E-state index contributed by atoms with van der Waals surface area (Å²) >= 11 is 0. The van der Waals surface area contributed by atoms with Crippen LogP contribution in [0.3, 0.4) is 0 Å². The predicted octanol–water partition coefficient (Wildman–Crippen LogP) is 3.12. The van der Waals surface area contributed by atoms with Crippen molar-refractivity contribution >= 4 is 0 Å². The lowest BCUT2D eigenvalue weighted by Crippen LogP contribution is -2.15. The summed E-state index contributed by atoms with van der Waals surface area (Å²) in [6.07, 6.45) is 5.34. The fraction of sp³-hybridized carbons (Fsp3) is 0.444. The summed E-state index contributed by atoms with van der Waals surface area (Å²) in [5, 5.41) is 19.0. The van der Waals surface area contributed by atoms with Crippen molar-refractivity contribution < 1.29 is 4.74 Å². The van der Waals surface area contributed by atoms with Crippen LogP contribution < -0.4 is 10.1 Å². The van der Waals surface area contributed by atoms with Crippen LogP contribution in [0.2, 0.25) is 0 Å². The number of aryl methyl sites for hydroxylation is 2. The minimum absolute atomic E-state index is 0.539. The Morgan fingerprint density at radius 1 is 1.35 bits per heavy atom. The quantitative estimate of drug-likeness (QED) is 0.661. The Bertz CT molecular complexity index is 630. The van der Waals surface area contributed by atoms with E-state index in [4.69, 9.17) is 10.00 Å². The molecule has 1 aromatic carbocycles. The van der Waals surface area contributed by atoms with Crippen LogP contribution in [0.5, 0.6) is 5.75 Å². The van der Waals surface area contributed by atoms with Gasteiger partial charge in [-0.25, -0.2) is 0 Å². The van der Waals surface area contributed by atoms with E-state index in [1.807, 2.05) is 18.3 Å². The van der Waals surface area contributed by atoms with Crippen molar-refractivity contribution in [2.75, 3.05) is 13.2 Å². The van der Waals surface area contributed by atoms with Crippen LogP contribution in [0, 0.1) is 18.3 Å². The molecule has 23 heavy (non-hydrogen) atoms. The second kappa shape index (κ2) is 9.65. The van der Waals surface area contributed by atoms with E-state index >= 15 is 0 Å². The molecule has 0 bridgehead atoms. The Morgan fingerprint density at radius 3 is 3.04 bits per heavy atom. The van der Waals surface area contributed by atoms with Gasteiger partial charge in [0, 0.05) is 18.7 Å². The number of aromatic nitrogens is 2. The number of benzene rings is 1. The van der Waals surface area contributed by atoms with Crippen LogP contribution in [-0.2, 0) is 13.0 Å². The lowest BCUT2D eigenvalue weighted by atomic mass is 10.1. The zero-order valence-corrected chi connectivity index (χ0v) is 13.6. The molecule has 122 valence electrons. The Balaban J connectivity index is 1.65. The average Bonchev–Trinajstić information content (AvgIpc) is 2.97. The van der Waals surface area contributed by atoms with Crippen molar-refractivity contribution in [3.63, 3.8) is 0 Å². The van der Waals surface area contributed by atoms with Crippen molar-refractivity contribution in [3.05, 3.63) is 47.3 Å². The fourth-order valence-electron chi connectivity index (χ4n) is 2.35. The first-order valence-electron chi connectivity index (χ1n) is 8.08. The number of rotatable bonds is 10. The Labute approximate surface area is 137 Å². The van der Waals surface area contributed by atoms with Gasteiger partial charge in [0.15, 0.2) is 0 Å². The molecule has 0 spiro atoms. The normalized spacial score (nSPS) is 10.4. The summed E-state index contributed by atoms with van der Waals surface area (Å²) < 4.78 is 5.65. The fourth-order valence-corrected chi connectivity index (χ4v) is 2.35. The Hall–Kier alpha value is -2.32. The number of nitrogens with zero attached hydrogens (tertiary/aromatic N) is 2. The van der Waals surface area contributed by atoms with E-state index < -0.39 is 0 Å². The molecule has 0 aliphatic heterocycles. The number of hydrogen-bond acceptors (Lipinski definition) is 4. The van der Waals surface area contributed by atoms with Gasteiger partial charge in [-0.05, 0) is 56.0 Å². The first kappa shape index (κ1) is 17.0. The molecule has 0 radical (unpaired) electrons. The zero-order chi connectivity index (χ0) is 16.3. The van der Waals surface area contributed by atoms with Gasteiger partial charge in [-0.1, -0.05) is 12.1 Å². The van der Waals surface area contributed by atoms with Crippen LogP contribution in [0.15, 0.2) is 30.5 Å². The van der Waals surface area contributed by atoms with E-state index in [2.05, 4.69) is 40.6 Å². The first-order chi connectivity index (χ1) is 11.3. The highest BCUT2D eigenvalue weighted by Gasteiger charge is 2.00. The summed E-state index contributed by atoms with van der Waals surface area (Å²) in [6, 6.07) is 10.2. The van der Waals surface area contributed by atoms with Gasteiger partial charge in [0.2, 0.25) is 0 Å². The summed E-state index contributed by atoms with van der Waals surface area (Å²) in [4.78, 5) is 0. The molecule has 0 unspecified atom stereocenters. The van der Waals surface area contributed by atoms with Crippen molar-refractivity contribution in [2.24, 2.45) is 0 Å². The summed E-state index contributed by atoms with van der Waals surface area (Å²) in [6.45, 7) is 4.45. The largest absolute Gasteiger partial charge is 0.494 e. The van der Waals surface area contributed by atoms with Crippen LogP contribution in [-0.4, -0.2) is 23.3 Å². The molecule has 2 rings (SSSR count). The highest BCUT2D eigenvalue weighted by atomic mass is 16.5. The zero-order valence-electron chi connectivity index (χ0n) is 13.6. The molecule has 0 aliphatic rings. The van der Waals surface area contributed by atoms with Crippen LogP contribution in [0.1, 0.15) is 36.1 Å². The van der Waals surface area contributed by atoms with E-state index in [9.17, 15) is 0 Å². The number of nitrogens with one attached hydrogen (secondary N) is 2. The molecular weight excluding hydrogens is 288 g/mol. The number of hydrogen-bond donors (Lipinski definition) is 2. The molecule has 0 fully saturated rings. The van der Waals surface area contributed by atoms with Crippen LogP contribution in [0.25, 0.3) is 0 Å². The van der Waals surface area contributed by atoms with E-state index in [0.29, 0.717) is 13.0 Å². The van der Waals surface area contributed by atoms with Gasteiger partial charge in [0.05, 0.1) is 18.9 Å². The molecule has 1 heterocycles. The molecule has 0 atom stereocenters. The average molecular weight is 312 g/mol.